The zero-order valence-corrected chi connectivity index (χ0v) is 15.2. The minimum Gasteiger partial charge on any atom is -0.325 e. The fourth-order valence-electron chi connectivity index (χ4n) is 1.98. The molecular formula is C16H12Cl2N2OS2. The molecule has 7 heteroatoms. The zero-order valence-electron chi connectivity index (χ0n) is 12.1. The highest BCUT2D eigenvalue weighted by molar-refractivity contribution is 8.01. The van der Waals surface area contributed by atoms with E-state index >= 15 is 0 Å². The van der Waals surface area contributed by atoms with Gasteiger partial charge in [-0.15, -0.1) is 11.3 Å². The van der Waals surface area contributed by atoms with E-state index in [-0.39, 0.29) is 5.91 Å². The number of thiazole rings is 1. The lowest BCUT2D eigenvalue weighted by Gasteiger charge is -2.08. The number of anilines is 1. The van der Waals surface area contributed by atoms with Crippen molar-refractivity contribution in [2.24, 2.45) is 0 Å². The first kappa shape index (κ1) is 16.6. The van der Waals surface area contributed by atoms with E-state index in [1.165, 1.54) is 11.8 Å². The maximum absolute atomic E-state index is 12.1. The molecule has 0 aliphatic carbocycles. The van der Waals surface area contributed by atoms with E-state index in [1.807, 2.05) is 31.2 Å². The van der Waals surface area contributed by atoms with Gasteiger partial charge in [0, 0.05) is 15.7 Å². The molecule has 1 aromatic heterocycles. The van der Waals surface area contributed by atoms with Crippen molar-refractivity contribution in [2.75, 3.05) is 11.1 Å². The molecule has 3 aromatic rings. The van der Waals surface area contributed by atoms with E-state index < -0.39 is 0 Å². The minimum atomic E-state index is -0.0855. The van der Waals surface area contributed by atoms with Crippen LogP contribution < -0.4 is 5.32 Å². The molecule has 0 bridgehead atoms. The van der Waals surface area contributed by atoms with Gasteiger partial charge in [0.05, 0.1) is 16.0 Å². The Hall–Kier alpha value is -1.27. The van der Waals surface area contributed by atoms with Gasteiger partial charge < -0.3 is 5.32 Å². The number of aryl methyl sites for hydroxylation is 1. The number of halogens is 2. The van der Waals surface area contributed by atoms with Crippen LogP contribution in [0.25, 0.3) is 10.2 Å². The van der Waals surface area contributed by atoms with Gasteiger partial charge in [0.1, 0.15) is 0 Å². The summed E-state index contributed by atoms with van der Waals surface area (Å²) in [5.41, 5.74) is 2.57. The number of thioether (sulfide) groups is 1. The number of hydrogen-bond acceptors (Lipinski definition) is 4. The molecule has 3 rings (SSSR count). The number of carbonyl (C=O) groups is 1. The van der Waals surface area contributed by atoms with Crippen LogP contribution in [0.3, 0.4) is 0 Å². The third kappa shape index (κ3) is 4.18. The van der Waals surface area contributed by atoms with Crippen molar-refractivity contribution in [2.45, 2.75) is 11.3 Å². The van der Waals surface area contributed by atoms with E-state index in [0.29, 0.717) is 15.8 Å². The second kappa shape index (κ2) is 7.09. The van der Waals surface area contributed by atoms with E-state index in [4.69, 9.17) is 23.2 Å². The molecule has 0 radical (unpaired) electrons. The summed E-state index contributed by atoms with van der Waals surface area (Å²) in [6.45, 7) is 1.93. The molecular weight excluding hydrogens is 371 g/mol. The number of nitrogens with zero attached hydrogens (tertiary/aromatic N) is 1. The average Bonchev–Trinajstić information content (AvgIpc) is 2.91. The molecule has 0 fully saturated rings. The molecule has 0 aliphatic heterocycles. The van der Waals surface area contributed by atoms with E-state index in [0.717, 1.165) is 25.8 Å². The Morgan fingerprint density at radius 3 is 2.78 bits per heavy atom. The molecule has 0 saturated heterocycles. The van der Waals surface area contributed by atoms with Crippen molar-refractivity contribution in [3.05, 3.63) is 52.0 Å². The Balaban J connectivity index is 1.64. The highest BCUT2D eigenvalue weighted by atomic mass is 35.5. The standard InChI is InChI=1S/C16H12Cl2N2OS2/c1-9-2-3-10(17)6-12(9)19-15(21)8-22-16-20-13-7-11(18)4-5-14(13)23-16/h2-7H,8H2,1H3,(H,19,21). The van der Waals surface area contributed by atoms with Gasteiger partial charge in [-0.2, -0.15) is 0 Å². The molecule has 0 atom stereocenters. The number of rotatable bonds is 4. The Bertz CT molecular complexity index is 880. The first-order valence-corrected chi connectivity index (χ1v) is 9.32. The van der Waals surface area contributed by atoms with Gasteiger partial charge in [-0.3, -0.25) is 4.79 Å². The monoisotopic (exact) mass is 382 g/mol. The van der Waals surface area contributed by atoms with Crippen LogP contribution in [0, 0.1) is 6.92 Å². The number of nitrogens with one attached hydrogen (secondary N) is 1. The number of hydrogen-bond donors (Lipinski definition) is 1. The minimum absolute atomic E-state index is 0.0855. The summed E-state index contributed by atoms with van der Waals surface area (Å²) in [5.74, 6) is 0.206. The van der Waals surface area contributed by atoms with Gasteiger partial charge in [-0.05, 0) is 42.8 Å². The van der Waals surface area contributed by atoms with Gasteiger partial charge in [0.2, 0.25) is 5.91 Å². The maximum Gasteiger partial charge on any atom is 0.234 e. The SMILES string of the molecule is Cc1ccc(Cl)cc1NC(=O)CSc1nc2cc(Cl)ccc2s1. The highest BCUT2D eigenvalue weighted by Crippen LogP contribution is 2.31. The number of amides is 1. The molecule has 0 spiro atoms. The van der Waals surface area contributed by atoms with Crippen LogP contribution in [0.5, 0.6) is 0 Å². The van der Waals surface area contributed by atoms with Crippen molar-refractivity contribution in [1.29, 1.82) is 0 Å². The van der Waals surface area contributed by atoms with Crippen molar-refractivity contribution in [1.82, 2.24) is 4.98 Å². The van der Waals surface area contributed by atoms with E-state index in [9.17, 15) is 4.79 Å². The van der Waals surface area contributed by atoms with Crippen LogP contribution >= 0.6 is 46.3 Å². The molecule has 0 unspecified atom stereocenters. The molecule has 1 amide bonds. The van der Waals surface area contributed by atoms with Crippen LogP contribution in [0.2, 0.25) is 10.0 Å². The lowest BCUT2D eigenvalue weighted by Crippen LogP contribution is -2.14. The Morgan fingerprint density at radius 1 is 1.22 bits per heavy atom. The summed E-state index contributed by atoms with van der Waals surface area (Å²) in [7, 11) is 0. The van der Waals surface area contributed by atoms with Gasteiger partial charge in [0.15, 0.2) is 4.34 Å². The molecule has 0 aliphatic rings. The van der Waals surface area contributed by atoms with Crippen molar-refractivity contribution in [3.63, 3.8) is 0 Å². The number of aromatic nitrogens is 1. The van der Waals surface area contributed by atoms with Crippen LogP contribution in [-0.2, 0) is 4.79 Å². The van der Waals surface area contributed by atoms with Crippen molar-refractivity contribution >= 4 is 68.1 Å². The smallest absolute Gasteiger partial charge is 0.234 e. The molecule has 118 valence electrons. The van der Waals surface area contributed by atoms with Gasteiger partial charge >= 0.3 is 0 Å². The topological polar surface area (TPSA) is 42.0 Å². The third-order valence-corrected chi connectivity index (χ3v) is 5.78. The lowest BCUT2D eigenvalue weighted by molar-refractivity contribution is -0.113. The Morgan fingerprint density at radius 2 is 1.96 bits per heavy atom. The van der Waals surface area contributed by atoms with Crippen molar-refractivity contribution < 1.29 is 4.79 Å². The zero-order chi connectivity index (χ0) is 16.4. The van der Waals surface area contributed by atoms with Crippen LogP contribution in [-0.4, -0.2) is 16.6 Å². The maximum atomic E-state index is 12.1. The molecule has 1 heterocycles. The van der Waals surface area contributed by atoms with E-state index in [2.05, 4.69) is 10.3 Å². The summed E-state index contributed by atoms with van der Waals surface area (Å²) >= 11 is 14.9. The van der Waals surface area contributed by atoms with Crippen LogP contribution in [0.15, 0.2) is 40.7 Å². The number of benzene rings is 2. The Labute approximate surface area is 152 Å². The summed E-state index contributed by atoms with van der Waals surface area (Å²) in [6.07, 6.45) is 0. The van der Waals surface area contributed by atoms with Gasteiger partial charge in [-0.1, -0.05) is 41.0 Å². The fourth-order valence-corrected chi connectivity index (χ4v) is 4.17. The first-order chi connectivity index (χ1) is 11.0. The fraction of sp³-hybridized carbons (Fsp3) is 0.125. The summed E-state index contributed by atoms with van der Waals surface area (Å²) in [5, 5.41) is 4.14. The normalized spacial score (nSPS) is 10.9. The second-order valence-electron chi connectivity index (χ2n) is 4.89. The molecule has 2 aromatic carbocycles. The summed E-state index contributed by atoms with van der Waals surface area (Å²) in [6, 6.07) is 11.0. The number of fused-ring (bicyclic) bond motifs is 1. The molecule has 3 nitrogen and oxygen atoms in total. The number of carbonyl (C=O) groups excluding carboxylic acids is 1. The second-order valence-corrected chi connectivity index (χ2v) is 8.01. The summed E-state index contributed by atoms with van der Waals surface area (Å²) in [4.78, 5) is 16.6. The average molecular weight is 383 g/mol. The first-order valence-electron chi connectivity index (χ1n) is 6.76. The Kier molecular flexibility index (Phi) is 5.11. The van der Waals surface area contributed by atoms with Gasteiger partial charge in [0.25, 0.3) is 0 Å². The predicted molar refractivity (Wildman–Crippen MR) is 100 cm³/mol. The van der Waals surface area contributed by atoms with Crippen LogP contribution in [0.4, 0.5) is 5.69 Å². The molecule has 23 heavy (non-hydrogen) atoms. The molecule has 0 saturated carbocycles. The van der Waals surface area contributed by atoms with Crippen molar-refractivity contribution in [3.8, 4) is 0 Å². The van der Waals surface area contributed by atoms with Gasteiger partial charge in [-0.25, -0.2) is 4.98 Å². The largest absolute Gasteiger partial charge is 0.325 e. The molecule has 1 N–H and O–H groups in total. The van der Waals surface area contributed by atoms with Crippen LogP contribution in [0.1, 0.15) is 5.56 Å². The summed E-state index contributed by atoms with van der Waals surface area (Å²) < 4.78 is 1.91. The van der Waals surface area contributed by atoms with E-state index in [1.54, 1.807) is 23.5 Å². The third-order valence-electron chi connectivity index (χ3n) is 3.13. The lowest BCUT2D eigenvalue weighted by atomic mass is 10.2. The predicted octanol–water partition coefficient (Wildman–Crippen LogP) is 5.64. The quantitative estimate of drug-likeness (QED) is 0.593. The highest BCUT2D eigenvalue weighted by Gasteiger charge is 2.10.